The highest BCUT2D eigenvalue weighted by Gasteiger charge is 2.27. The zero-order valence-electron chi connectivity index (χ0n) is 14.5. The van der Waals surface area contributed by atoms with E-state index in [2.05, 4.69) is 46.7 Å². The lowest BCUT2D eigenvalue weighted by molar-refractivity contribution is -0.119. The molecule has 27 heavy (non-hydrogen) atoms. The van der Waals surface area contributed by atoms with Gasteiger partial charge in [0.2, 0.25) is 5.91 Å². The molecular formula is C21H17N3O2S. The monoisotopic (exact) mass is 375 g/mol. The molecule has 5 rings (SSSR count). The molecule has 0 saturated carbocycles. The molecule has 0 unspecified atom stereocenters. The fourth-order valence-electron chi connectivity index (χ4n) is 3.78. The van der Waals surface area contributed by atoms with E-state index in [4.69, 9.17) is 0 Å². The molecule has 1 N–H and O–H groups in total. The minimum atomic E-state index is -0.255. The van der Waals surface area contributed by atoms with Crippen molar-refractivity contribution in [3.05, 3.63) is 76.2 Å². The predicted octanol–water partition coefficient (Wildman–Crippen LogP) is 3.18. The number of amides is 1. The fourth-order valence-corrected chi connectivity index (χ4v) is 4.84. The van der Waals surface area contributed by atoms with Crippen LogP contribution < -0.4 is 10.9 Å². The molecule has 2 heterocycles. The molecule has 5 nitrogen and oxygen atoms in total. The SMILES string of the molecule is O=C(Nc1ccc2c(c1)Cc1ccccc1-2)[C@H]1CSc2nccc(=O)n2C1. The molecule has 0 spiro atoms. The highest BCUT2D eigenvalue weighted by atomic mass is 32.2. The second kappa shape index (κ2) is 6.39. The Labute approximate surface area is 160 Å². The van der Waals surface area contributed by atoms with Crippen molar-refractivity contribution >= 4 is 23.4 Å². The molecule has 134 valence electrons. The molecule has 1 aliphatic heterocycles. The maximum Gasteiger partial charge on any atom is 0.254 e. The summed E-state index contributed by atoms with van der Waals surface area (Å²) in [6, 6.07) is 15.9. The summed E-state index contributed by atoms with van der Waals surface area (Å²) in [6.07, 6.45) is 2.41. The quantitative estimate of drug-likeness (QED) is 0.547. The van der Waals surface area contributed by atoms with Crippen LogP contribution in [0.2, 0.25) is 0 Å². The lowest BCUT2D eigenvalue weighted by Gasteiger charge is -2.23. The van der Waals surface area contributed by atoms with Crippen LogP contribution in [0.25, 0.3) is 11.1 Å². The summed E-state index contributed by atoms with van der Waals surface area (Å²) in [5.41, 5.74) is 5.77. The van der Waals surface area contributed by atoms with Crippen LogP contribution in [0.1, 0.15) is 11.1 Å². The summed E-state index contributed by atoms with van der Waals surface area (Å²) in [7, 11) is 0. The van der Waals surface area contributed by atoms with E-state index in [1.165, 1.54) is 46.3 Å². The van der Waals surface area contributed by atoms with Gasteiger partial charge in [-0.2, -0.15) is 0 Å². The maximum absolute atomic E-state index is 12.7. The Kier molecular flexibility index (Phi) is 3.86. The zero-order chi connectivity index (χ0) is 18.4. The number of aromatic nitrogens is 2. The minimum Gasteiger partial charge on any atom is -0.326 e. The number of anilines is 1. The Bertz CT molecular complexity index is 1120. The Morgan fingerprint density at radius 3 is 2.89 bits per heavy atom. The molecule has 0 radical (unpaired) electrons. The van der Waals surface area contributed by atoms with Gasteiger partial charge >= 0.3 is 0 Å². The number of fused-ring (bicyclic) bond motifs is 4. The minimum absolute atomic E-state index is 0.0561. The van der Waals surface area contributed by atoms with E-state index in [1.807, 2.05) is 6.07 Å². The van der Waals surface area contributed by atoms with Crippen molar-refractivity contribution in [3.8, 4) is 11.1 Å². The number of carbonyl (C=O) groups excluding carboxylic acids is 1. The number of thioether (sulfide) groups is 1. The van der Waals surface area contributed by atoms with Gasteiger partial charge in [0.05, 0.1) is 5.92 Å². The Morgan fingerprint density at radius 1 is 1.11 bits per heavy atom. The van der Waals surface area contributed by atoms with Crippen molar-refractivity contribution in [2.75, 3.05) is 11.1 Å². The highest BCUT2D eigenvalue weighted by Crippen LogP contribution is 2.37. The first-order chi connectivity index (χ1) is 13.2. The lowest BCUT2D eigenvalue weighted by atomic mass is 10.1. The van der Waals surface area contributed by atoms with Gasteiger partial charge in [-0.1, -0.05) is 42.1 Å². The molecule has 1 aliphatic carbocycles. The average Bonchev–Trinajstić information content (AvgIpc) is 3.06. The molecule has 1 amide bonds. The summed E-state index contributed by atoms with van der Waals surface area (Å²) in [5, 5.41) is 3.71. The van der Waals surface area contributed by atoms with Gasteiger partial charge < -0.3 is 5.32 Å². The maximum atomic E-state index is 12.7. The molecule has 3 aromatic rings. The smallest absolute Gasteiger partial charge is 0.254 e. The summed E-state index contributed by atoms with van der Waals surface area (Å²) in [4.78, 5) is 29.0. The molecular weight excluding hydrogens is 358 g/mol. The van der Waals surface area contributed by atoms with Crippen LogP contribution in [0.15, 0.2) is 64.7 Å². The molecule has 6 heteroatoms. The van der Waals surface area contributed by atoms with E-state index in [1.54, 1.807) is 4.57 Å². The van der Waals surface area contributed by atoms with Gasteiger partial charge in [0.15, 0.2) is 5.16 Å². The Balaban J connectivity index is 1.35. The summed E-state index contributed by atoms with van der Waals surface area (Å²) < 4.78 is 1.58. The van der Waals surface area contributed by atoms with Gasteiger partial charge in [0.25, 0.3) is 5.56 Å². The largest absolute Gasteiger partial charge is 0.326 e. The normalized spacial score (nSPS) is 17.0. The molecule has 2 aliphatic rings. The van der Waals surface area contributed by atoms with E-state index in [0.29, 0.717) is 17.5 Å². The third kappa shape index (κ3) is 2.86. The predicted molar refractivity (Wildman–Crippen MR) is 106 cm³/mol. The number of hydrogen-bond donors (Lipinski definition) is 1. The molecule has 1 aromatic heterocycles. The van der Waals surface area contributed by atoms with Crippen molar-refractivity contribution in [1.29, 1.82) is 0 Å². The Hall–Kier alpha value is -2.86. The van der Waals surface area contributed by atoms with E-state index in [0.717, 1.165) is 12.1 Å². The van der Waals surface area contributed by atoms with Crippen molar-refractivity contribution in [1.82, 2.24) is 9.55 Å². The van der Waals surface area contributed by atoms with Crippen molar-refractivity contribution in [3.63, 3.8) is 0 Å². The van der Waals surface area contributed by atoms with Crippen LogP contribution in [0, 0.1) is 5.92 Å². The molecule has 2 aromatic carbocycles. The number of carbonyl (C=O) groups is 1. The van der Waals surface area contributed by atoms with Gasteiger partial charge in [-0.25, -0.2) is 4.98 Å². The first kappa shape index (κ1) is 16.3. The number of benzene rings is 2. The van der Waals surface area contributed by atoms with Crippen LogP contribution in [0.3, 0.4) is 0 Å². The fraction of sp³-hybridized carbons (Fsp3) is 0.190. The zero-order valence-corrected chi connectivity index (χ0v) is 15.3. The lowest BCUT2D eigenvalue weighted by Crippen LogP contribution is -2.36. The molecule has 1 atom stereocenters. The summed E-state index contributed by atoms with van der Waals surface area (Å²) >= 11 is 1.45. The van der Waals surface area contributed by atoms with Gasteiger partial charge in [0.1, 0.15) is 0 Å². The van der Waals surface area contributed by atoms with Gasteiger partial charge in [-0.05, 0) is 40.8 Å². The standard InChI is InChI=1S/C21H17N3O2S/c25-19-7-8-22-21-24(19)11-15(12-27-21)20(26)23-16-5-6-18-14(10-16)9-13-3-1-2-4-17(13)18/h1-8,10,15H,9,11-12H2,(H,23,26)/t15-/m1/s1. The van der Waals surface area contributed by atoms with E-state index >= 15 is 0 Å². The highest BCUT2D eigenvalue weighted by molar-refractivity contribution is 7.99. The van der Waals surface area contributed by atoms with Gasteiger partial charge in [0, 0.05) is 30.2 Å². The summed E-state index contributed by atoms with van der Waals surface area (Å²) in [5.74, 6) is 0.313. The van der Waals surface area contributed by atoms with Crippen LogP contribution in [-0.4, -0.2) is 21.2 Å². The second-order valence-electron chi connectivity index (χ2n) is 6.88. The Morgan fingerprint density at radius 2 is 1.96 bits per heavy atom. The number of nitrogens with zero attached hydrogens (tertiary/aromatic N) is 2. The third-order valence-electron chi connectivity index (χ3n) is 5.15. The third-order valence-corrected chi connectivity index (χ3v) is 6.30. The topological polar surface area (TPSA) is 64.0 Å². The average molecular weight is 375 g/mol. The van der Waals surface area contributed by atoms with E-state index in [9.17, 15) is 9.59 Å². The molecule has 0 saturated heterocycles. The number of hydrogen-bond acceptors (Lipinski definition) is 4. The van der Waals surface area contributed by atoms with Crippen LogP contribution in [0.5, 0.6) is 0 Å². The van der Waals surface area contributed by atoms with Gasteiger partial charge in [-0.15, -0.1) is 0 Å². The summed E-state index contributed by atoms with van der Waals surface area (Å²) in [6.45, 7) is 0.372. The van der Waals surface area contributed by atoms with Crippen molar-refractivity contribution in [2.24, 2.45) is 5.92 Å². The van der Waals surface area contributed by atoms with Crippen LogP contribution in [-0.2, 0) is 17.8 Å². The number of rotatable bonds is 2. The molecule has 0 bridgehead atoms. The van der Waals surface area contributed by atoms with Crippen molar-refractivity contribution < 1.29 is 4.79 Å². The van der Waals surface area contributed by atoms with Crippen LogP contribution >= 0.6 is 11.8 Å². The molecule has 0 fully saturated rings. The van der Waals surface area contributed by atoms with E-state index < -0.39 is 0 Å². The van der Waals surface area contributed by atoms with Crippen molar-refractivity contribution in [2.45, 2.75) is 18.1 Å². The first-order valence-electron chi connectivity index (χ1n) is 8.90. The number of nitrogens with one attached hydrogen (secondary N) is 1. The van der Waals surface area contributed by atoms with Crippen LogP contribution in [0.4, 0.5) is 5.69 Å². The first-order valence-corrected chi connectivity index (χ1v) is 9.88. The van der Waals surface area contributed by atoms with E-state index in [-0.39, 0.29) is 17.4 Å². The van der Waals surface area contributed by atoms with Gasteiger partial charge in [-0.3, -0.25) is 14.2 Å². The second-order valence-corrected chi connectivity index (χ2v) is 7.87.